The molecule has 2 saturated heterocycles. The van der Waals surface area contributed by atoms with Gasteiger partial charge in [0.25, 0.3) is 5.91 Å². The lowest BCUT2D eigenvalue weighted by Crippen LogP contribution is -2.53. The van der Waals surface area contributed by atoms with E-state index in [-0.39, 0.29) is 22.9 Å². The van der Waals surface area contributed by atoms with E-state index in [2.05, 4.69) is 15.2 Å². The number of piperidine rings is 2. The van der Waals surface area contributed by atoms with Crippen molar-refractivity contribution in [1.29, 1.82) is 0 Å². The molecule has 3 atom stereocenters. The molecule has 2 aliphatic rings. The SMILES string of the molecule is O=C(N[C@H]1CCN2CCC[C@@H]1C2)c1c[nH]c2ccccc2c1=O. The molecule has 2 N–H and O–H groups in total. The number of pyridine rings is 1. The molecule has 1 aromatic heterocycles. The molecule has 1 unspecified atom stereocenters. The Balaban J connectivity index is 1.57. The van der Waals surface area contributed by atoms with E-state index in [1.165, 1.54) is 19.2 Å². The number of hydrogen-bond acceptors (Lipinski definition) is 3. The second-order valence-electron chi connectivity index (χ2n) is 6.65. The van der Waals surface area contributed by atoms with E-state index >= 15 is 0 Å². The molecule has 0 aliphatic carbocycles. The van der Waals surface area contributed by atoms with Crippen LogP contribution in [0.3, 0.4) is 0 Å². The first-order valence-corrected chi connectivity index (χ1v) is 8.36. The van der Waals surface area contributed by atoms with E-state index in [4.69, 9.17) is 0 Å². The number of fused-ring (bicyclic) bond motifs is 3. The molecule has 2 aromatic rings. The van der Waals surface area contributed by atoms with Crippen LogP contribution >= 0.6 is 0 Å². The molecule has 0 saturated carbocycles. The van der Waals surface area contributed by atoms with Gasteiger partial charge in [-0.05, 0) is 43.9 Å². The van der Waals surface area contributed by atoms with Gasteiger partial charge < -0.3 is 15.2 Å². The monoisotopic (exact) mass is 311 g/mol. The van der Waals surface area contributed by atoms with Gasteiger partial charge >= 0.3 is 0 Å². The summed E-state index contributed by atoms with van der Waals surface area (Å²) in [5.74, 6) is 0.266. The Morgan fingerprint density at radius 2 is 2.09 bits per heavy atom. The summed E-state index contributed by atoms with van der Waals surface area (Å²) in [5, 5.41) is 3.67. The number of hydrogen-bond donors (Lipinski definition) is 2. The minimum atomic E-state index is -0.249. The number of rotatable bonds is 2. The lowest BCUT2D eigenvalue weighted by atomic mass is 9.85. The summed E-state index contributed by atoms with van der Waals surface area (Å²) in [4.78, 5) is 30.7. The molecule has 120 valence electrons. The average Bonchev–Trinajstić information content (AvgIpc) is 2.58. The summed E-state index contributed by atoms with van der Waals surface area (Å²) in [7, 11) is 0. The Kier molecular flexibility index (Phi) is 3.65. The van der Waals surface area contributed by atoms with Crippen molar-refractivity contribution in [2.75, 3.05) is 19.6 Å². The van der Waals surface area contributed by atoms with Crippen molar-refractivity contribution in [3.63, 3.8) is 0 Å². The highest BCUT2D eigenvalue weighted by Crippen LogP contribution is 2.26. The highest BCUT2D eigenvalue weighted by Gasteiger charge is 2.33. The minimum absolute atomic E-state index is 0.185. The number of H-pyrrole nitrogens is 1. The molecule has 0 radical (unpaired) electrons. The smallest absolute Gasteiger partial charge is 0.256 e. The second-order valence-corrected chi connectivity index (χ2v) is 6.65. The zero-order valence-corrected chi connectivity index (χ0v) is 13.0. The Hall–Kier alpha value is -2.14. The number of nitrogens with one attached hydrogen (secondary N) is 2. The van der Waals surface area contributed by atoms with Crippen LogP contribution in [0.2, 0.25) is 0 Å². The van der Waals surface area contributed by atoms with Gasteiger partial charge in [-0.1, -0.05) is 12.1 Å². The van der Waals surface area contributed by atoms with E-state index in [0.29, 0.717) is 11.3 Å². The van der Waals surface area contributed by atoms with Gasteiger partial charge in [0.1, 0.15) is 5.56 Å². The van der Waals surface area contributed by atoms with Crippen LogP contribution in [-0.4, -0.2) is 41.5 Å². The van der Waals surface area contributed by atoms with Gasteiger partial charge in [0.15, 0.2) is 0 Å². The lowest BCUT2D eigenvalue weighted by Gasteiger charge is -2.42. The fraction of sp³-hybridized carbons (Fsp3) is 0.444. The summed E-state index contributed by atoms with van der Waals surface area (Å²) in [6.45, 7) is 3.29. The van der Waals surface area contributed by atoms with Crippen molar-refractivity contribution >= 4 is 16.8 Å². The number of carbonyl (C=O) groups is 1. The molecule has 23 heavy (non-hydrogen) atoms. The molecule has 4 rings (SSSR count). The summed E-state index contributed by atoms with van der Waals surface area (Å²) in [6, 6.07) is 7.47. The third-order valence-corrected chi connectivity index (χ3v) is 5.22. The van der Waals surface area contributed by atoms with Gasteiger partial charge in [0.2, 0.25) is 5.43 Å². The molecule has 2 fully saturated rings. The van der Waals surface area contributed by atoms with Gasteiger partial charge in [-0.3, -0.25) is 9.59 Å². The van der Waals surface area contributed by atoms with Crippen molar-refractivity contribution < 1.29 is 4.79 Å². The van der Waals surface area contributed by atoms with Gasteiger partial charge in [-0.25, -0.2) is 0 Å². The maximum Gasteiger partial charge on any atom is 0.256 e. The van der Waals surface area contributed by atoms with Crippen LogP contribution in [0.25, 0.3) is 10.9 Å². The fourth-order valence-corrected chi connectivity index (χ4v) is 3.95. The van der Waals surface area contributed by atoms with E-state index in [0.717, 1.165) is 31.4 Å². The third-order valence-electron chi connectivity index (χ3n) is 5.22. The molecular formula is C18H21N3O2. The molecule has 0 spiro atoms. The highest BCUT2D eigenvalue weighted by atomic mass is 16.2. The van der Waals surface area contributed by atoms with E-state index < -0.39 is 0 Å². The van der Waals surface area contributed by atoms with Gasteiger partial charge in [0, 0.05) is 36.2 Å². The topological polar surface area (TPSA) is 65.2 Å². The van der Waals surface area contributed by atoms with Crippen molar-refractivity contribution in [1.82, 2.24) is 15.2 Å². The lowest BCUT2D eigenvalue weighted by molar-refractivity contribution is 0.0738. The Morgan fingerprint density at radius 3 is 3.00 bits per heavy atom. The molecular weight excluding hydrogens is 290 g/mol. The van der Waals surface area contributed by atoms with Crippen LogP contribution in [0, 0.1) is 5.92 Å². The number of amides is 1. The molecule has 1 aromatic carbocycles. The Bertz CT molecular complexity index is 798. The van der Waals surface area contributed by atoms with Crippen LogP contribution in [0.5, 0.6) is 0 Å². The first kappa shape index (κ1) is 14.5. The van der Waals surface area contributed by atoms with Crippen molar-refractivity contribution in [3.05, 3.63) is 46.2 Å². The van der Waals surface area contributed by atoms with Crippen LogP contribution in [0.15, 0.2) is 35.3 Å². The normalized spacial score (nSPS) is 26.9. The average molecular weight is 311 g/mol. The number of nitrogens with zero attached hydrogens (tertiary/aromatic N) is 1. The number of benzene rings is 1. The second kappa shape index (κ2) is 5.81. The number of carbonyl (C=O) groups excluding carboxylic acids is 1. The van der Waals surface area contributed by atoms with Gasteiger partial charge in [-0.2, -0.15) is 0 Å². The largest absolute Gasteiger partial charge is 0.360 e. The van der Waals surface area contributed by atoms with E-state index in [9.17, 15) is 9.59 Å². The number of para-hydroxylation sites is 1. The molecule has 3 heterocycles. The van der Waals surface area contributed by atoms with Crippen molar-refractivity contribution in [3.8, 4) is 0 Å². The number of aromatic nitrogens is 1. The van der Waals surface area contributed by atoms with E-state index in [1.54, 1.807) is 6.07 Å². The fourth-order valence-electron chi connectivity index (χ4n) is 3.95. The summed E-state index contributed by atoms with van der Waals surface area (Å²) in [6.07, 6.45) is 4.88. The standard InChI is InChI=1S/C18H21N3O2/c22-17-13-5-1-2-6-16(13)19-10-14(17)18(23)20-15-7-9-21-8-3-4-12(15)11-21/h1-2,5-6,10,12,15H,3-4,7-9,11H2,(H,19,22)(H,20,23)/t12-,15+/m1/s1. The predicted molar refractivity (Wildman–Crippen MR) is 89.6 cm³/mol. The van der Waals surface area contributed by atoms with Crippen LogP contribution in [0.1, 0.15) is 29.6 Å². The Morgan fingerprint density at radius 1 is 1.22 bits per heavy atom. The van der Waals surface area contributed by atoms with Gasteiger partial charge in [0.05, 0.1) is 0 Å². The zero-order valence-electron chi connectivity index (χ0n) is 13.0. The van der Waals surface area contributed by atoms with E-state index in [1.807, 2.05) is 18.2 Å². The zero-order chi connectivity index (χ0) is 15.8. The molecule has 5 nitrogen and oxygen atoms in total. The van der Waals surface area contributed by atoms with Crippen LogP contribution in [0.4, 0.5) is 0 Å². The summed E-state index contributed by atoms with van der Waals surface area (Å²) in [5.41, 5.74) is 0.773. The molecule has 5 heteroatoms. The first-order chi connectivity index (χ1) is 11.2. The Labute approximate surface area is 134 Å². The minimum Gasteiger partial charge on any atom is -0.360 e. The first-order valence-electron chi connectivity index (χ1n) is 8.36. The van der Waals surface area contributed by atoms with Crippen LogP contribution in [-0.2, 0) is 0 Å². The van der Waals surface area contributed by atoms with Gasteiger partial charge in [-0.15, -0.1) is 0 Å². The van der Waals surface area contributed by atoms with Crippen LogP contribution < -0.4 is 10.7 Å². The summed E-state index contributed by atoms with van der Waals surface area (Å²) >= 11 is 0. The quantitative estimate of drug-likeness (QED) is 0.888. The molecule has 2 aliphatic heterocycles. The third kappa shape index (κ3) is 2.65. The number of aromatic amines is 1. The molecule has 2 bridgehead atoms. The highest BCUT2D eigenvalue weighted by molar-refractivity contribution is 5.97. The molecule has 1 amide bonds. The summed E-state index contributed by atoms with van der Waals surface area (Å²) < 4.78 is 0. The van der Waals surface area contributed by atoms with Crippen molar-refractivity contribution in [2.45, 2.75) is 25.3 Å². The maximum atomic E-state index is 12.6. The predicted octanol–water partition coefficient (Wildman–Crippen LogP) is 1.74. The van der Waals surface area contributed by atoms with Crippen molar-refractivity contribution in [2.24, 2.45) is 5.92 Å². The maximum absolute atomic E-state index is 12.6.